The number of esters is 1. The molecule has 2 unspecified atom stereocenters. The standard InChI is InChI=1S/C24H27NO6S/c1-4-29-22(27)24(3,32-18-13-9-6-10-14-18)20-19(21(26)25-20)16(2)31-23(28)30-15-17-11-7-5-8-12-17/h5-14,16,19-20H,4,15H2,1-3H3,(H,25,26)/t16?,19-,20+,24?/m1/s1. The summed E-state index contributed by atoms with van der Waals surface area (Å²) < 4.78 is 14.8. The van der Waals surface area contributed by atoms with Gasteiger partial charge in [0.05, 0.1) is 18.6 Å². The molecule has 1 aliphatic heterocycles. The maximum atomic E-state index is 12.9. The number of thioether (sulfide) groups is 1. The molecular formula is C24H27NO6S. The van der Waals surface area contributed by atoms with Gasteiger partial charge < -0.3 is 19.5 Å². The highest BCUT2D eigenvalue weighted by Gasteiger charge is 2.58. The molecule has 0 bridgehead atoms. The molecule has 170 valence electrons. The van der Waals surface area contributed by atoms with Crippen LogP contribution >= 0.6 is 11.8 Å². The molecule has 2 aromatic rings. The van der Waals surface area contributed by atoms with Crippen molar-refractivity contribution in [1.82, 2.24) is 5.32 Å². The van der Waals surface area contributed by atoms with Gasteiger partial charge in [-0.1, -0.05) is 48.5 Å². The number of carbonyl (C=O) groups excluding carboxylic acids is 3. The van der Waals surface area contributed by atoms with Crippen molar-refractivity contribution >= 4 is 29.8 Å². The van der Waals surface area contributed by atoms with Gasteiger partial charge in [-0.3, -0.25) is 9.59 Å². The number of rotatable bonds is 9. The van der Waals surface area contributed by atoms with Gasteiger partial charge in [-0.25, -0.2) is 4.79 Å². The molecule has 1 heterocycles. The molecule has 1 aliphatic rings. The summed E-state index contributed by atoms with van der Waals surface area (Å²) >= 11 is 1.31. The highest BCUT2D eigenvalue weighted by atomic mass is 32.2. The molecule has 0 aromatic heterocycles. The fourth-order valence-electron chi connectivity index (χ4n) is 3.57. The first kappa shape index (κ1) is 23.7. The van der Waals surface area contributed by atoms with Crippen LogP contribution in [0.4, 0.5) is 4.79 Å². The fraction of sp³-hybridized carbons (Fsp3) is 0.375. The predicted molar refractivity (Wildman–Crippen MR) is 120 cm³/mol. The van der Waals surface area contributed by atoms with Gasteiger partial charge in [-0.15, -0.1) is 11.8 Å². The maximum Gasteiger partial charge on any atom is 0.508 e. The lowest BCUT2D eigenvalue weighted by molar-refractivity contribution is -0.153. The van der Waals surface area contributed by atoms with Gasteiger partial charge in [-0.05, 0) is 38.5 Å². The van der Waals surface area contributed by atoms with Gasteiger partial charge in [0, 0.05) is 4.90 Å². The van der Waals surface area contributed by atoms with E-state index in [9.17, 15) is 14.4 Å². The summed E-state index contributed by atoms with van der Waals surface area (Å²) in [6.45, 7) is 5.38. The summed E-state index contributed by atoms with van der Waals surface area (Å²) in [5.74, 6) is -1.45. The lowest BCUT2D eigenvalue weighted by Gasteiger charge is -2.47. The monoisotopic (exact) mass is 457 g/mol. The molecule has 4 atom stereocenters. The zero-order chi connectivity index (χ0) is 23.1. The fourth-order valence-corrected chi connectivity index (χ4v) is 4.83. The average Bonchev–Trinajstić information content (AvgIpc) is 2.77. The van der Waals surface area contributed by atoms with Crippen molar-refractivity contribution in [2.75, 3.05) is 6.61 Å². The number of hydrogen-bond acceptors (Lipinski definition) is 7. The Morgan fingerprint density at radius 1 is 1.06 bits per heavy atom. The quantitative estimate of drug-likeness (QED) is 0.346. The van der Waals surface area contributed by atoms with Crippen LogP contribution in [0.2, 0.25) is 0 Å². The lowest BCUT2D eigenvalue weighted by Crippen LogP contribution is -2.71. The minimum atomic E-state index is -1.11. The minimum Gasteiger partial charge on any atom is -0.465 e. The van der Waals surface area contributed by atoms with Crippen LogP contribution in [0.15, 0.2) is 65.6 Å². The summed E-state index contributed by atoms with van der Waals surface area (Å²) in [5.41, 5.74) is 0.825. The topological polar surface area (TPSA) is 90.9 Å². The Kier molecular flexibility index (Phi) is 7.80. The summed E-state index contributed by atoms with van der Waals surface area (Å²) in [6, 6.07) is 18.0. The Balaban J connectivity index is 1.70. The van der Waals surface area contributed by atoms with Crippen LogP contribution in [0, 0.1) is 5.92 Å². The van der Waals surface area contributed by atoms with Crippen LogP contribution in [0.1, 0.15) is 26.3 Å². The Labute approximate surface area is 191 Å². The molecular weight excluding hydrogens is 430 g/mol. The van der Waals surface area contributed by atoms with E-state index in [0.29, 0.717) is 0 Å². The molecule has 0 radical (unpaired) electrons. The Morgan fingerprint density at radius 3 is 2.28 bits per heavy atom. The van der Waals surface area contributed by atoms with Gasteiger partial charge in [0.15, 0.2) is 0 Å². The van der Waals surface area contributed by atoms with Crippen LogP contribution < -0.4 is 5.32 Å². The van der Waals surface area contributed by atoms with Crippen molar-refractivity contribution in [3.8, 4) is 0 Å². The van der Waals surface area contributed by atoms with E-state index in [1.54, 1.807) is 20.8 Å². The van der Waals surface area contributed by atoms with Crippen molar-refractivity contribution in [1.29, 1.82) is 0 Å². The van der Waals surface area contributed by atoms with Crippen LogP contribution in [-0.4, -0.2) is 41.5 Å². The van der Waals surface area contributed by atoms with Crippen molar-refractivity contribution in [2.45, 2.75) is 49.2 Å². The molecule has 1 N–H and O–H groups in total. The van der Waals surface area contributed by atoms with Crippen LogP contribution in [0.25, 0.3) is 0 Å². The van der Waals surface area contributed by atoms with Crippen LogP contribution in [0.5, 0.6) is 0 Å². The average molecular weight is 458 g/mol. The van der Waals surface area contributed by atoms with Crippen molar-refractivity contribution in [2.24, 2.45) is 5.92 Å². The Bertz CT molecular complexity index is 938. The van der Waals surface area contributed by atoms with E-state index in [1.807, 2.05) is 60.7 Å². The van der Waals surface area contributed by atoms with Crippen molar-refractivity contribution < 1.29 is 28.6 Å². The van der Waals surface area contributed by atoms with Gasteiger partial charge in [0.2, 0.25) is 5.91 Å². The number of ether oxygens (including phenoxy) is 3. The van der Waals surface area contributed by atoms with Crippen LogP contribution in [0.3, 0.4) is 0 Å². The second-order valence-electron chi connectivity index (χ2n) is 7.60. The van der Waals surface area contributed by atoms with Crippen molar-refractivity contribution in [3.05, 3.63) is 66.2 Å². The van der Waals surface area contributed by atoms with E-state index >= 15 is 0 Å². The van der Waals surface area contributed by atoms with E-state index in [1.165, 1.54) is 11.8 Å². The first-order valence-corrected chi connectivity index (χ1v) is 11.3. The number of carbonyl (C=O) groups is 3. The lowest BCUT2D eigenvalue weighted by atomic mass is 9.78. The Hall–Kier alpha value is -3.00. The van der Waals surface area contributed by atoms with Gasteiger partial charge >= 0.3 is 12.1 Å². The second-order valence-corrected chi connectivity index (χ2v) is 9.13. The van der Waals surface area contributed by atoms with E-state index in [-0.39, 0.29) is 19.1 Å². The first-order valence-electron chi connectivity index (χ1n) is 10.4. The minimum absolute atomic E-state index is 0.0666. The second kappa shape index (κ2) is 10.5. The summed E-state index contributed by atoms with van der Waals surface area (Å²) in [6.07, 6.45) is -1.66. The van der Waals surface area contributed by atoms with E-state index in [2.05, 4.69) is 5.32 Å². The third-order valence-electron chi connectivity index (χ3n) is 5.29. The number of benzene rings is 2. The van der Waals surface area contributed by atoms with Crippen LogP contribution in [-0.2, 0) is 30.4 Å². The van der Waals surface area contributed by atoms with E-state index in [4.69, 9.17) is 14.2 Å². The molecule has 0 saturated carbocycles. The van der Waals surface area contributed by atoms with E-state index < -0.39 is 34.9 Å². The van der Waals surface area contributed by atoms with Gasteiger partial charge in [0.25, 0.3) is 0 Å². The summed E-state index contributed by atoms with van der Waals surface area (Å²) in [7, 11) is 0. The number of nitrogens with one attached hydrogen (secondary N) is 1. The van der Waals surface area contributed by atoms with Gasteiger partial charge in [0.1, 0.15) is 17.5 Å². The predicted octanol–water partition coefficient (Wildman–Crippen LogP) is 3.96. The normalized spacial score (nSPS) is 20.2. The summed E-state index contributed by atoms with van der Waals surface area (Å²) in [4.78, 5) is 38.4. The molecule has 1 saturated heterocycles. The highest BCUT2D eigenvalue weighted by Crippen LogP contribution is 2.43. The molecule has 8 heteroatoms. The zero-order valence-corrected chi connectivity index (χ0v) is 19.1. The first-order chi connectivity index (χ1) is 15.3. The molecule has 3 rings (SSSR count). The zero-order valence-electron chi connectivity index (χ0n) is 18.3. The molecule has 1 fully saturated rings. The van der Waals surface area contributed by atoms with Crippen molar-refractivity contribution in [3.63, 3.8) is 0 Å². The summed E-state index contributed by atoms with van der Waals surface area (Å²) in [5, 5.41) is 2.81. The molecule has 2 aromatic carbocycles. The molecule has 32 heavy (non-hydrogen) atoms. The third kappa shape index (κ3) is 5.43. The highest BCUT2D eigenvalue weighted by molar-refractivity contribution is 8.01. The SMILES string of the molecule is CCOC(=O)C(C)(Sc1ccccc1)[C@H]1NC(=O)[C@@H]1C(C)OC(=O)OCc1ccccc1. The Morgan fingerprint density at radius 2 is 1.69 bits per heavy atom. The maximum absolute atomic E-state index is 12.9. The van der Waals surface area contributed by atoms with Gasteiger partial charge in [-0.2, -0.15) is 0 Å². The number of β-lactam (4-membered cyclic amide) rings is 1. The third-order valence-corrected chi connectivity index (χ3v) is 6.65. The molecule has 1 amide bonds. The smallest absolute Gasteiger partial charge is 0.465 e. The number of hydrogen-bond donors (Lipinski definition) is 1. The largest absolute Gasteiger partial charge is 0.508 e. The van der Waals surface area contributed by atoms with E-state index in [0.717, 1.165) is 10.5 Å². The molecule has 0 aliphatic carbocycles. The molecule has 7 nitrogen and oxygen atoms in total. The number of amides is 1. The molecule has 0 spiro atoms.